The molecule has 0 radical (unpaired) electrons. The molecule has 0 fully saturated rings. The maximum Gasteiger partial charge on any atom is 0.292 e. The summed E-state index contributed by atoms with van der Waals surface area (Å²) in [6.07, 6.45) is 0.945. The molecule has 0 atom stereocenters. The minimum Gasteiger partial charge on any atom is -0.494 e. The second-order valence-electron chi connectivity index (χ2n) is 4.40. The van der Waals surface area contributed by atoms with Crippen molar-refractivity contribution in [3.63, 3.8) is 0 Å². The zero-order chi connectivity index (χ0) is 15.2. The van der Waals surface area contributed by atoms with Gasteiger partial charge in [0.2, 0.25) is 0 Å². The van der Waals surface area contributed by atoms with Crippen LogP contribution in [0.5, 0.6) is 17.2 Å². The summed E-state index contributed by atoms with van der Waals surface area (Å²) in [4.78, 5) is 10.2. The second-order valence-corrected chi connectivity index (χ2v) is 4.40. The Morgan fingerprint density at radius 2 is 1.71 bits per heavy atom. The molecule has 110 valence electrons. The standard InChI is InChI=1S/C15H16N2O4/c1-2-9-20-11-3-5-12(6-4-11)21-13-7-8-15(17(18)19)14(16)10-13/h3-8,10H,2,9,16H2,1H3. The highest BCUT2D eigenvalue weighted by Crippen LogP contribution is 2.29. The number of nitrogen functional groups attached to an aromatic ring is 1. The molecule has 0 aliphatic carbocycles. The number of nitro benzene ring substituents is 1. The molecule has 0 heterocycles. The highest BCUT2D eigenvalue weighted by molar-refractivity contribution is 5.61. The number of anilines is 1. The van der Waals surface area contributed by atoms with Gasteiger partial charge in [0.15, 0.2) is 0 Å². The lowest BCUT2D eigenvalue weighted by molar-refractivity contribution is -0.383. The molecule has 6 heteroatoms. The molecule has 6 nitrogen and oxygen atoms in total. The zero-order valence-electron chi connectivity index (χ0n) is 11.6. The predicted molar refractivity (Wildman–Crippen MR) is 79.8 cm³/mol. The zero-order valence-corrected chi connectivity index (χ0v) is 11.6. The highest BCUT2D eigenvalue weighted by Gasteiger charge is 2.11. The molecule has 2 N–H and O–H groups in total. The minimum absolute atomic E-state index is 0.0698. The summed E-state index contributed by atoms with van der Waals surface area (Å²) in [6, 6.07) is 11.4. The summed E-state index contributed by atoms with van der Waals surface area (Å²) in [5, 5.41) is 10.7. The largest absolute Gasteiger partial charge is 0.494 e. The van der Waals surface area contributed by atoms with Gasteiger partial charge in [-0.05, 0) is 36.8 Å². The van der Waals surface area contributed by atoms with Crippen molar-refractivity contribution in [2.24, 2.45) is 0 Å². The SMILES string of the molecule is CCCOc1ccc(Oc2ccc([N+](=O)[O-])c(N)c2)cc1. The maximum atomic E-state index is 10.7. The number of nitro groups is 1. The van der Waals surface area contributed by atoms with E-state index >= 15 is 0 Å². The van der Waals surface area contributed by atoms with Crippen molar-refractivity contribution in [3.05, 3.63) is 52.6 Å². The van der Waals surface area contributed by atoms with Crippen LogP contribution in [0.2, 0.25) is 0 Å². The molecular weight excluding hydrogens is 272 g/mol. The molecular formula is C15H16N2O4. The van der Waals surface area contributed by atoms with Crippen LogP contribution in [-0.2, 0) is 0 Å². The summed E-state index contributed by atoms with van der Waals surface area (Å²) in [7, 11) is 0. The number of nitrogens with two attached hydrogens (primary N) is 1. The van der Waals surface area contributed by atoms with Crippen LogP contribution in [0.1, 0.15) is 13.3 Å². The molecule has 0 amide bonds. The van der Waals surface area contributed by atoms with E-state index in [0.29, 0.717) is 18.1 Å². The molecule has 0 saturated heterocycles. The van der Waals surface area contributed by atoms with Crippen molar-refractivity contribution in [1.82, 2.24) is 0 Å². The van der Waals surface area contributed by atoms with Gasteiger partial charge in [0.25, 0.3) is 5.69 Å². The lowest BCUT2D eigenvalue weighted by atomic mass is 10.2. The Labute approximate surface area is 122 Å². The van der Waals surface area contributed by atoms with E-state index in [0.717, 1.165) is 12.2 Å². The van der Waals surface area contributed by atoms with Crippen molar-refractivity contribution < 1.29 is 14.4 Å². The smallest absolute Gasteiger partial charge is 0.292 e. The van der Waals surface area contributed by atoms with Gasteiger partial charge in [-0.3, -0.25) is 10.1 Å². The van der Waals surface area contributed by atoms with E-state index in [2.05, 4.69) is 0 Å². The summed E-state index contributed by atoms with van der Waals surface area (Å²) < 4.78 is 11.1. The fraction of sp³-hybridized carbons (Fsp3) is 0.200. The van der Waals surface area contributed by atoms with E-state index in [1.165, 1.54) is 18.2 Å². The van der Waals surface area contributed by atoms with Crippen LogP contribution in [0.3, 0.4) is 0 Å². The van der Waals surface area contributed by atoms with E-state index in [1.807, 2.05) is 6.92 Å². The quantitative estimate of drug-likeness (QED) is 0.496. The molecule has 0 spiro atoms. The number of benzene rings is 2. The van der Waals surface area contributed by atoms with E-state index in [4.69, 9.17) is 15.2 Å². The van der Waals surface area contributed by atoms with Crippen LogP contribution in [-0.4, -0.2) is 11.5 Å². The van der Waals surface area contributed by atoms with Crippen molar-refractivity contribution in [1.29, 1.82) is 0 Å². The first kappa shape index (κ1) is 14.6. The monoisotopic (exact) mass is 288 g/mol. The molecule has 0 aromatic heterocycles. The van der Waals surface area contributed by atoms with Gasteiger partial charge in [-0.1, -0.05) is 6.92 Å². The Bertz CT molecular complexity index is 626. The Hall–Kier alpha value is -2.76. The van der Waals surface area contributed by atoms with Crippen LogP contribution < -0.4 is 15.2 Å². The molecule has 21 heavy (non-hydrogen) atoms. The van der Waals surface area contributed by atoms with Crippen molar-refractivity contribution in [2.75, 3.05) is 12.3 Å². The lowest BCUT2D eigenvalue weighted by Gasteiger charge is -2.08. The third-order valence-electron chi connectivity index (χ3n) is 2.73. The van der Waals surface area contributed by atoms with Crippen molar-refractivity contribution in [2.45, 2.75) is 13.3 Å². The molecule has 2 rings (SSSR count). The summed E-state index contributed by atoms with van der Waals surface area (Å²) in [5.41, 5.74) is 5.55. The Morgan fingerprint density at radius 1 is 1.10 bits per heavy atom. The topological polar surface area (TPSA) is 87.6 Å². The average molecular weight is 288 g/mol. The van der Waals surface area contributed by atoms with Gasteiger partial charge in [0.05, 0.1) is 11.5 Å². The van der Waals surface area contributed by atoms with Crippen molar-refractivity contribution in [3.8, 4) is 17.2 Å². The second kappa shape index (κ2) is 6.60. The van der Waals surface area contributed by atoms with Crippen molar-refractivity contribution >= 4 is 11.4 Å². The maximum absolute atomic E-state index is 10.7. The van der Waals surface area contributed by atoms with E-state index in [-0.39, 0.29) is 11.4 Å². The summed E-state index contributed by atoms with van der Waals surface area (Å²) in [5.74, 6) is 1.82. The average Bonchev–Trinajstić information content (AvgIpc) is 2.46. The van der Waals surface area contributed by atoms with Crippen LogP contribution in [0.25, 0.3) is 0 Å². The molecule has 0 unspecified atom stereocenters. The lowest BCUT2D eigenvalue weighted by Crippen LogP contribution is -1.96. The first-order valence-corrected chi connectivity index (χ1v) is 6.54. The van der Waals surface area contributed by atoms with E-state index in [9.17, 15) is 10.1 Å². The molecule has 0 aliphatic heterocycles. The first-order chi connectivity index (χ1) is 10.1. The number of ether oxygens (including phenoxy) is 2. The van der Waals surface area contributed by atoms with Gasteiger partial charge in [-0.2, -0.15) is 0 Å². The molecule has 0 aliphatic rings. The highest BCUT2D eigenvalue weighted by atomic mass is 16.6. The Kier molecular flexibility index (Phi) is 4.61. The van der Waals surface area contributed by atoms with E-state index < -0.39 is 4.92 Å². The van der Waals surface area contributed by atoms with Gasteiger partial charge in [0.1, 0.15) is 22.9 Å². The van der Waals surface area contributed by atoms with Gasteiger partial charge >= 0.3 is 0 Å². The fourth-order valence-corrected chi connectivity index (χ4v) is 1.72. The summed E-state index contributed by atoms with van der Waals surface area (Å²) in [6.45, 7) is 2.70. The first-order valence-electron chi connectivity index (χ1n) is 6.54. The molecule has 0 bridgehead atoms. The number of rotatable bonds is 6. The van der Waals surface area contributed by atoms with Crippen LogP contribution in [0.4, 0.5) is 11.4 Å². The molecule has 0 saturated carbocycles. The minimum atomic E-state index is -0.529. The molecule has 2 aromatic carbocycles. The van der Waals surface area contributed by atoms with Gasteiger partial charge in [0, 0.05) is 12.1 Å². The Morgan fingerprint density at radius 3 is 2.29 bits per heavy atom. The van der Waals surface area contributed by atoms with E-state index in [1.54, 1.807) is 24.3 Å². The number of hydrogen-bond acceptors (Lipinski definition) is 5. The van der Waals surface area contributed by atoms with Crippen LogP contribution >= 0.6 is 0 Å². The number of hydrogen-bond donors (Lipinski definition) is 1. The summed E-state index contributed by atoms with van der Waals surface area (Å²) >= 11 is 0. The third-order valence-corrected chi connectivity index (χ3v) is 2.73. The van der Waals surface area contributed by atoms with Gasteiger partial charge in [-0.25, -0.2) is 0 Å². The Balaban J connectivity index is 2.07. The van der Waals surface area contributed by atoms with Gasteiger partial charge in [-0.15, -0.1) is 0 Å². The third kappa shape index (κ3) is 3.85. The molecule has 2 aromatic rings. The van der Waals surface area contributed by atoms with Crippen LogP contribution in [0.15, 0.2) is 42.5 Å². The van der Waals surface area contributed by atoms with Crippen LogP contribution in [0, 0.1) is 10.1 Å². The number of nitrogens with zero attached hydrogens (tertiary/aromatic N) is 1. The normalized spacial score (nSPS) is 10.1. The predicted octanol–water partition coefficient (Wildman–Crippen LogP) is 3.76. The van der Waals surface area contributed by atoms with Gasteiger partial charge < -0.3 is 15.2 Å². The fourth-order valence-electron chi connectivity index (χ4n) is 1.72.